The first-order valence-corrected chi connectivity index (χ1v) is 16.8. The first kappa shape index (κ1) is 32.4. The fourth-order valence-corrected chi connectivity index (χ4v) is 5.30. The van der Waals surface area contributed by atoms with E-state index >= 15 is 0 Å². The van der Waals surface area contributed by atoms with Crippen molar-refractivity contribution in [3.05, 3.63) is 73.1 Å². The van der Waals surface area contributed by atoms with Gasteiger partial charge in [0.05, 0.1) is 26.2 Å². The maximum Gasteiger partial charge on any atom is 0.223 e. The van der Waals surface area contributed by atoms with Gasteiger partial charge in [-0.1, -0.05) is 56.0 Å². The fourth-order valence-electron chi connectivity index (χ4n) is 5.30. The quantitative estimate of drug-likeness (QED) is 0.120. The molecule has 18 nitrogen and oxygen atoms in total. The number of nitrogens with zero attached hydrogens (tertiary/aromatic N) is 18. The molecule has 6 aromatic heterocycles. The van der Waals surface area contributed by atoms with Gasteiger partial charge in [0.1, 0.15) is 11.4 Å². The second kappa shape index (κ2) is 16.3. The van der Waals surface area contributed by atoms with Gasteiger partial charge in [0.15, 0.2) is 0 Å². The molecule has 50 heavy (non-hydrogen) atoms. The number of aryl methyl sites for hydroxylation is 4. The van der Waals surface area contributed by atoms with Gasteiger partial charge in [-0.05, 0) is 76.9 Å². The van der Waals surface area contributed by atoms with Crippen LogP contribution in [0.5, 0.6) is 0 Å². The van der Waals surface area contributed by atoms with Crippen LogP contribution in [-0.2, 0) is 26.2 Å². The Kier molecular flexibility index (Phi) is 10.5. The van der Waals surface area contributed by atoms with Gasteiger partial charge in [-0.2, -0.15) is 19.2 Å². The molecular weight excluding hydrogens is 636 g/mol. The number of hydrogen-bond acceptors (Lipinski definition) is 14. The molecule has 0 bridgehead atoms. The van der Waals surface area contributed by atoms with Gasteiger partial charge in [0, 0.05) is 23.5 Å². The maximum atomic E-state index is 4.60. The third-order valence-corrected chi connectivity index (χ3v) is 7.91. The summed E-state index contributed by atoms with van der Waals surface area (Å²) >= 11 is 0. The maximum absolute atomic E-state index is 4.60. The lowest BCUT2D eigenvalue weighted by Crippen LogP contribution is -2.04. The molecule has 7 rings (SSSR count). The summed E-state index contributed by atoms with van der Waals surface area (Å²) in [7, 11) is 0. The molecule has 0 unspecified atom stereocenters. The molecule has 0 spiro atoms. The number of benzene rings is 1. The summed E-state index contributed by atoms with van der Waals surface area (Å²) in [5.41, 5.74) is 3.15. The van der Waals surface area contributed by atoms with E-state index in [9.17, 15) is 0 Å². The molecule has 6 heterocycles. The first-order chi connectivity index (χ1) is 24.8. The van der Waals surface area contributed by atoms with E-state index in [1.165, 1.54) is 0 Å². The molecule has 1 aromatic carbocycles. The predicted octanol–water partition coefficient (Wildman–Crippen LogP) is 3.61. The molecule has 0 atom stereocenters. The number of pyridine rings is 2. The van der Waals surface area contributed by atoms with Gasteiger partial charge in [0.25, 0.3) is 0 Å². The van der Waals surface area contributed by atoms with Crippen LogP contribution < -0.4 is 0 Å². The molecular formula is C32H36N18. The number of unbranched alkanes of at least 4 members (excludes halogenated alkanes) is 6. The van der Waals surface area contributed by atoms with E-state index in [1.54, 1.807) is 31.6 Å². The lowest BCUT2D eigenvalue weighted by atomic mass is 10.1. The van der Waals surface area contributed by atoms with Gasteiger partial charge in [-0.25, -0.2) is 0 Å². The van der Waals surface area contributed by atoms with Crippen molar-refractivity contribution in [3.8, 4) is 45.8 Å². The monoisotopic (exact) mass is 672 g/mol. The minimum absolute atomic E-state index is 0.542. The smallest absolute Gasteiger partial charge is 0.223 e. The van der Waals surface area contributed by atoms with Crippen molar-refractivity contribution in [3.63, 3.8) is 0 Å². The Hall–Kier alpha value is -6.20. The predicted molar refractivity (Wildman–Crippen MR) is 179 cm³/mol. The average Bonchev–Trinajstić information content (AvgIpc) is 4.00. The van der Waals surface area contributed by atoms with Crippen LogP contribution in [0.3, 0.4) is 0 Å². The summed E-state index contributed by atoms with van der Waals surface area (Å²) in [5, 5.41) is 51.6. The molecule has 254 valence electrons. The second-order valence-corrected chi connectivity index (χ2v) is 11.7. The normalized spacial score (nSPS) is 11.4. The molecule has 0 aliphatic carbocycles. The van der Waals surface area contributed by atoms with Gasteiger partial charge < -0.3 is 0 Å². The van der Waals surface area contributed by atoms with Gasteiger partial charge in [-0.3, -0.25) is 9.97 Å². The van der Waals surface area contributed by atoms with Crippen LogP contribution in [0, 0.1) is 0 Å². The topological polar surface area (TPSA) is 200 Å². The van der Waals surface area contributed by atoms with Crippen molar-refractivity contribution in [1.82, 2.24) is 90.8 Å². The van der Waals surface area contributed by atoms with Gasteiger partial charge >= 0.3 is 0 Å². The summed E-state index contributed by atoms with van der Waals surface area (Å²) in [6.07, 6.45) is 11.4. The Balaban J connectivity index is 0.801. The molecule has 0 amide bonds. The molecule has 7 aromatic rings. The minimum Gasteiger partial charge on any atom is -0.253 e. The summed E-state index contributed by atoms with van der Waals surface area (Å²) in [4.78, 5) is 15.1. The third kappa shape index (κ3) is 8.63. The van der Waals surface area contributed by atoms with Crippen LogP contribution in [0.25, 0.3) is 45.8 Å². The Morgan fingerprint density at radius 3 is 1.14 bits per heavy atom. The van der Waals surface area contributed by atoms with Crippen molar-refractivity contribution in [2.75, 3.05) is 0 Å². The van der Waals surface area contributed by atoms with E-state index in [-0.39, 0.29) is 0 Å². The van der Waals surface area contributed by atoms with Crippen LogP contribution in [0.4, 0.5) is 0 Å². The summed E-state index contributed by atoms with van der Waals surface area (Å²) in [6.45, 7) is 2.81. The zero-order valence-electron chi connectivity index (χ0n) is 27.5. The van der Waals surface area contributed by atoms with Crippen molar-refractivity contribution < 1.29 is 0 Å². The zero-order valence-corrected chi connectivity index (χ0v) is 27.5. The summed E-state index contributed by atoms with van der Waals surface area (Å²) in [5.74, 6) is 2.21. The molecule has 18 heteroatoms. The number of tetrazole rings is 4. The molecule has 0 radical (unpaired) electrons. The second-order valence-electron chi connectivity index (χ2n) is 11.7. The zero-order chi connectivity index (χ0) is 33.8. The van der Waals surface area contributed by atoms with Gasteiger partial charge in [0.2, 0.25) is 23.3 Å². The Labute approximate surface area is 287 Å². The molecule has 0 saturated heterocycles. The van der Waals surface area contributed by atoms with E-state index in [2.05, 4.69) is 71.6 Å². The highest BCUT2D eigenvalue weighted by Gasteiger charge is 2.12. The van der Waals surface area contributed by atoms with Crippen LogP contribution in [-0.4, -0.2) is 90.8 Å². The highest BCUT2D eigenvalue weighted by molar-refractivity contribution is 5.65. The molecule has 0 fully saturated rings. The number of hydrogen-bond donors (Lipinski definition) is 0. The molecule has 0 saturated carbocycles. The SMILES string of the molecule is c1ccc(-c2nnn(CCCCCCn3nnc(-c4cccc(-c5nnn(CCCCCCn6nnc(-c7ccccn7)n6)n5)c4)n3)n2)nc1. The minimum atomic E-state index is 0.542. The lowest BCUT2D eigenvalue weighted by Gasteiger charge is -2.01. The van der Waals surface area contributed by atoms with Crippen LogP contribution in [0.15, 0.2) is 73.1 Å². The van der Waals surface area contributed by atoms with E-state index in [1.807, 2.05) is 60.7 Å². The Bertz CT molecular complexity index is 1900. The Morgan fingerprint density at radius 1 is 0.380 bits per heavy atom. The fraction of sp³-hybridized carbons (Fsp3) is 0.375. The third-order valence-electron chi connectivity index (χ3n) is 7.91. The van der Waals surface area contributed by atoms with Gasteiger partial charge in [-0.15, -0.1) is 40.8 Å². The van der Waals surface area contributed by atoms with E-state index in [0.29, 0.717) is 49.5 Å². The number of rotatable bonds is 18. The Morgan fingerprint density at radius 2 is 0.760 bits per heavy atom. The van der Waals surface area contributed by atoms with Crippen molar-refractivity contribution in [2.24, 2.45) is 0 Å². The highest BCUT2D eigenvalue weighted by Crippen LogP contribution is 2.21. The largest absolute Gasteiger partial charge is 0.253 e. The van der Waals surface area contributed by atoms with Crippen molar-refractivity contribution in [2.45, 2.75) is 77.5 Å². The standard InChI is InChI=1S/C32H36N18/c1(3-11-22-49-41-31(37-45-49)27-16-5-7-18-33-27)9-20-47-39-29(35-43-47)25-14-13-15-26(24-25)30-36-44-48(40-30)21-10-2-4-12-23-50-42-32(38-46-50)28-17-6-8-19-34-28/h5-8,13-19,24H,1-4,9-12,20-23H2. The summed E-state index contributed by atoms with van der Waals surface area (Å²) < 4.78 is 0. The lowest BCUT2D eigenvalue weighted by molar-refractivity contribution is 0.449. The first-order valence-electron chi connectivity index (χ1n) is 16.8. The molecule has 0 aliphatic rings. The van der Waals surface area contributed by atoms with E-state index in [4.69, 9.17) is 0 Å². The van der Waals surface area contributed by atoms with E-state index in [0.717, 1.165) is 73.9 Å². The van der Waals surface area contributed by atoms with Crippen molar-refractivity contribution in [1.29, 1.82) is 0 Å². The van der Waals surface area contributed by atoms with Crippen LogP contribution >= 0.6 is 0 Å². The van der Waals surface area contributed by atoms with Crippen LogP contribution in [0.2, 0.25) is 0 Å². The highest BCUT2D eigenvalue weighted by atomic mass is 15.6. The van der Waals surface area contributed by atoms with E-state index < -0.39 is 0 Å². The van der Waals surface area contributed by atoms with Crippen molar-refractivity contribution >= 4 is 0 Å². The van der Waals surface area contributed by atoms with Crippen LogP contribution in [0.1, 0.15) is 51.4 Å². The number of aromatic nitrogens is 18. The summed E-state index contributed by atoms with van der Waals surface area (Å²) in [6, 6.07) is 19.1. The average molecular weight is 673 g/mol. The molecule has 0 aliphatic heterocycles. The molecule has 0 N–H and O–H groups in total.